The van der Waals surface area contributed by atoms with E-state index in [4.69, 9.17) is 0 Å². The van der Waals surface area contributed by atoms with Gasteiger partial charge in [0.05, 0.1) is 23.6 Å². The number of fused-ring (bicyclic) bond motifs is 1. The number of rotatable bonds is 4. The lowest BCUT2D eigenvalue weighted by atomic mass is 10.1. The van der Waals surface area contributed by atoms with E-state index in [1.807, 2.05) is 41.2 Å². The maximum Gasteiger partial charge on any atom is 0.0972 e. The van der Waals surface area contributed by atoms with Gasteiger partial charge in [0.1, 0.15) is 0 Å². The maximum atomic E-state index is 4.36. The van der Waals surface area contributed by atoms with Crippen molar-refractivity contribution in [2.75, 3.05) is 6.54 Å². The summed E-state index contributed by atoms with van der Waals surface area (Å²) >= 11 is 0. The van der Waals surface area contributed by atoms with Crippen molar-refractivity contribution in [2.45, 2.75) is 32.5 Å². The molecule has 1 atom stereocenters. The first kappa shape index (κ1) is 14.2. The number of hydrogen-bond donors (Lipinski definition) is 0. The Bertz CT molecular complexity index is 774. The van der Waals surface area contributed by atoms with Gasteiger partial charge < -0.3 is 4.57 Å². The van der Waals surface area contributed by atoms with E-state index in [2.05, 4.69) is 45.0 Å². The van der Waals surface area contributed by atoms with E-state index in [-0.39, 0.29) is 0 Å². The molecule has 0 aliphatic carbocycles. The average molecular weight is 307 g/mol. The summed E-state index contributed by atoms with van der Waals surface area (Å²) in [6, 6.07) is 15.0. The lowest BCUT2D eigenvalue weighted by Crippen LogP contribution is -2.37. The highest BCUT2D eigenvalue weighted by Crippen LogP contribution is 2.29. The van der Waals surface area contributed by atoms with Crippen molar-refractivity contribution < 1.29 is 0 Å². The normalized spacial score (nSPS) is 18.0. The number of aromatic nitrogens is 4. The van der Waals surface area contributed by atoms with E-state index in [1.54, 1.807) is 0 Å². The van der Waals surface area contributed by atoms with Crippen LogP contribution < -0.4 is 0 Å². The molecule has 23 heavy (non-hydrogen) atoms. The van der Waals surface area contributed by atoms with E-state index >= 15 is 0 Å². The molecule has 0 amide bonds. The molecule has 1 aliphatic heterocycles. The molecule has 5 heteroatoms. The third-order valence-corrected chi connectivity index (χ3v) is 4.59. The second kappa shape index (κ2) is 6.01. The fraction of sp³-hybridized carbons (Fsp3) is 0.333. The van der Waals surface area contributed by atoms with Crippen LogP contribution in [0.1, 0.15) is 30.8 Å². The molecular formula is C18H21N5. The molecule has 0 fully saturated rings. The molecule has 5 nitrogen and oxygen atoms in total. The largest absolute Gasteiger partial charge is 0.349 e. The van der Waals surface area contributed by atoms with Crippen LogP contribution in [0.5, 0.6) is 0 Å². The van der Waals surface area contributed by atoms with Crippen molar-refractivity contribution in [1.29, 1.82) is 0 Å². The Kier molecular flexibility index (Phi) is 3.71. The summed E-state index contributed by atoms with van der Waals surface area (Å²) in [4.78, 5) is 2.51. The Morgan fingerprint density at radius 3 is 2.78 bits per heavy atom. The second-order valence-electron chi connectivity index (χ2n) is 6.01. The van der Waals surface area contributed by atoms with E-state index in [9.17, 15) is 0 Å². The van der Waals surface area contributed by atoms with Gasteiger partial charge in [0.15, 0.2) is 0 Å². The van der Waals surface area contributed by atoms with Gasteiger partial charge in [0.25, 0.3) is 0 Å². The first-order chi connectivity index (χ1) is 11.3. The van der Waals surface area contributed by atoms with Gasteiger partial charge in [-0.15, -0.1) is 5.10 Å². The highest BCUT2D eigenvalue weighted by atomic mass is 15.4. The lowest BCUT2D eigenvalue weighted by Gasteiger charge is -2.36. The van der Waals surface area contributed by atoms with Crippen molar-refractivity contribution in [3.8, 4) is 5.69 Å². The Hall–Kier alpha value is -2.40. The third-order valence-electron chi connectivity index (χ3n) is 4.59. The van der Waals surface area contributed by atoms with Gasteiger partial charge in [-0.1, -0.05) is 30.3 Å². The van der Waals surface area contributed by atoms with Crippen LogP contribution in [-0.2, 0) is 13.1 Å². The fourth-order valence-corrected chi connectivity index (χ4v) is 3.45. The molecule has 2 aromatic heterocycles. The van der Waals surface area contributed by atoms with Crippen LogP contribution in [0, 0.1) is 0 Å². The van der Waals surface area contributed by atoms with Crippen LogP contribution >= 0.6 is 0 Å². The van der Waals surface area contributed by atoms with Gasteiger partial charge in [0, 0.05) is 31.5 Å². The van der Waals surface area contributed by atoms with Crippen LogP contribution in [0.4, 0.5) is 0 Å². The lowest BCUT2D eigenvalue weighted by molar-refractivity contribution is 0.142. The summed E-state index contributed by atoms with van der Waals surface area (Å²) in [6.07, 6.45) is 5.33. The van der Waals surface area contributed by atoms with Crippen molar-refractivity contribution in [2.24, 2.45) is 0 Å². The van der Waals surface area contributed by atoms with Crippen LogP contribution in [0.2, 0.25) is 0 Å². The second-order valence-corrected chi connectivity index (χ2v) is 6.01. The average Bonchev–Trinajstić information content (AvgIpc) is 3.24. The van der Waals surface area contributed by atoms with Gasteiger partial charge in [-0.2, -0.15) is 0 Å². The van der Waals surface area contributed by atoms with E-state index < -0.39 is 0 Å². The van der Waals surface area contributed by atoms with E-state index in [0.717, 1.165) is 37.4 Å². The molecule has 0 radical (unpaired) electrons. The molecule has 3 heterocycles. The fourth-order valence-electron chi connectivity index (χ4n) is 3.45. The number of hydrogen-bond acceptors (Lipinski definition) is 3. The van der Waals surface area contributed by atoms with Crippen molar-refractivity contribution in [3.05, 3.63) is 66.2 Å². The van der Waals surface area contributed by atoms with Crippen molar-refractivity contribution in [3.63, 3.8) is 0 Å². The highest BCUT2D eigenvalue weighted by Gasteiger charge is 2.26. The molecule has 0 saturated carbocycles. The molecule has 0 N–H and O–H groups in total. The molecule has 4 rings (SSSR count). The zero-order chi connectivity index (χ0) is 15.6. The summed E-state index contributed by atoms with van der Waals surface area (Å²) < 4.78 is 4.22. The van der Waals surface area contributed by atoms with Gasteiger partial charge in [-0.05, 0) is 30.7 Å². The number of benzene rings is 1. The molecule has 0 spiro atoms. The molecule has 0 bridgehead atoms. The van der Waals surface area contributed by atoms with Crippen LogP contribution in [-0.4, -0.2) is 31.0 Å². The SMILES string of the molecule is CCC1c2cccn2CCN1Cc1cn(-c2ccccc2)nn1. The molecule has 0 saturated heterocycles. The van der Waals surface area contributed by atoms with E-state index in [1.165, 1.54) is 5.69 Å². The summed E-state index contributed by atoms with van der Waals surface area (Å²) in [5.41, 5.74) is 3.48. The maximum absolute atomic E-state index is 4.36. The van der Waals surface area contributed by atoms with Crippen molar-refractivity contribution >= 4 is 0 Å². The molecule has 118 valence electrons. The van der Waals surface area contributed by atoms with Gasteiger partial charge in [-0.25, -0.2) is 4.68 Å². The summed E-state index contributed by atoms with van der Waals surface area (Å²) in [5, 5.41) is 8.64. The number of nitrogens with zero attached hydrogens (tertiary/aromatic N) is 5. The quantitative estimate of drug-likeness (QED) is 0.743. The molecule has 1 aromatic carbocycles. The predicted octanol–water partition coefficient (Wildman–Crippen LogP) is 3.04. The monoisotopic (exact) mass is 307 g/mol. The Balaban J connectivity index is 1.54. The van der Waals surface area contributed by atoms with Gasteiger partial charge in [0.2, 0.25) is 0 Å². The first-order valence-electron chi connectivity index (χ1n) is 8.21. The Morgan fingerprint density at radius 2 is 1.96 bits per heavy atom. The third kappa shape index (κ3) is 2.68. The minimum atomic E-state index is 0.459. The zero-order valence-electron chi connectivity index (χ0n) is 13.3. The Morgan fingerprint density at radius 1 is 1.09 bits per heavy atom. The summed E-state index contributed by atoms with van der Waals surface area (Å²) in [7, 11) is 0. The summed E-state index contributed by atoms with van der Waals surface area (Å²) in [5.74, 6) is 0. The smallest absolute Gasteiger partial charge is 0.0972 e. The van der Waals surface area contributed by atoms with Gasteiger partial charge >= 0.3 is 0 Å². The summed E-state index contributed by atoms with van der Waals surface area (Å²) in [6.45, 7) is 5.20. The topological polar surface area (TPSA) is 38.9 Å². The standard InChI is InChI=1S/C18H21N5/c1-2-17-18-9-6-10-21(18)11-12-22(17)13-15-14-23(20-19-15)16-7-4-3-5-8-16/h3-10,14,17H,2,11-13H2,1H3. The molecule has 1 aliphatic rings. The van der Waals surface area contributed by atoms with Crippen molar-refractivity contribution in [1.82, 2.24) is 24.5 Å². The van der Waals surface area contributed by atoms with Crippen LogP contribution in [0.3, 0.4) is 0 Å². The molecule has 3 aromatic rings. The molecule has 1 unspecified atom stereocenters. The highest BCUT2D eigenvalue weighted by molar-refractivity contribution is 5.30. The minimum absolute atomic E-state index is 0.459. The van der Waals surface area contributed by atoms with Crippen LogP contribution in [0.25, 0.3) is 5.69 Å². The van der Waals surface area contributed by atoms with Gasteiger partial charge in [-0.3, -0.25) is 4.90 Å². The minimum Gasteiger partial charge on any atom is -0.349 e. The zero-order valence-corrected chi connectivity index (χ0v) is 13.3. The number of para-hydroxylation sites is 1. The first-order valence-corrected chi connectivity index (χ1v) is 8.21. The predicted molar refractivity (Wildman–Crippen MR) is 89.2 cm³/mol. The van der Waals surface area contributed by atoms with E-state index in [0.29, 0.717) is 6.04 Å². The Labute approximate surface area is 136 Å². The molecular weight excluding hydrogens is 286 g/mol. The van der Waals surface area contributed by atoms with Crippen LogP contribution in [0.15, 0.2) is 54.9 Å².